The summed E-state index contributed by atoms with van der Waals surface area (Å²) < 4.78 is 4.51. The molecule has 2 rings (SSSR count). The number of nitrogens with one attached hydrogen (secondary N) is 2. The number of nitrogens with zero attached hydrogens (tertiary/aromatic N) is 1. The maximum Gasteiger partial charge on any atom is 0.411 e. The van der Waals surface area contributed by atoms with Gasteiger partial charge in [0.15, 0.2) is 0 Å². The zero-order valence-electron chi connectivity index (χ0n) is 10.0. The van der Waals surface area contributed by atoms with Gasteiger partial charge in [0.05, 0.1) is 6.20 Å². The largest absolute Gasteiger partial charge is 0.411 e. The number of aromatic nitrogens is 1. The number of carbonyl (C=O) groups excluding carboxylic acids is 4. The zero-order chi connectivity index (χ0) is 14.7. The van der Waals surface area contributed by atoms with Crippen molar-refractivity contribution < 1.29 is 23.9 Å². The molecule has 9 nitrogen and oxygen atoms in total. The fraction of sp³-hybridized carbons (Fsp3) is 0.300. The summed E-state index contributed by atoms with van der Waals surface area (Å²) in [6.45, 7) is 0. The van der Waals surface area contributed by atoms with Crippen LogP contribution in [0.5, 0.6) is 5.19 Å². The van der Waals surface area contributed by atoms with Crippen LogP contribution in [0.25, 0.3) is 0 Å². The molecule has 20 heavy (non-hydrogen) atoms. The van der Waals surface area contributed by atoms with Crippen molar-refractivity contribution in [2.24, 2.45) is 5.73 Å². The summed E-state index contributed by atoms with van der Waals surface area (Å²) in [5, 5.41) is 4.53. The van der Waals surface area contributed by atoms with Gasteiger partial charge in [-0.1, -0.05) is 11.3 Å². The Morgan fingerprint density at radius 2 is 2.25 bits per heavy atom. The van der Waals surface area contributed by atoms with Crippen LogP contribution in [0, 0.1) is 0 Å². The van der Waals surface area contributed by atoms with Gasteiger partial charge in [0, 0.05) is 6.42 Å². The number of nitrogens with two attached hydrogens (primary N) is 1. The number of hydrogen-bond acceptors (Lipinski definition) is 7. The van der Waals surface area contributed by atoms with Crippen LogP contribution < -0.4 is 21.1 Å². The summed E-state index contributed by atoms with van der Waals surface area (Å²) in [5.41, 5.74) is 4.81. The number of hydrogen-bond donors (Lipinski definition) is 3. The summed E-state index contributed by atoms with van der Waals surface area (Å²) in [5.74, 6) is -1.46. The van der Waals surface area contributed by atoms with Crippen molar-refractivity contribution in [1.82, 2.24) is 15.6 Å². The van der Waals surface area contributed by atoms with Gasteiger partial charge < -0.3 is 15.8 Å². The zero-order valence-corrected chi connectivity index (χ0v) is 10.9. The minimum atomic E-state index is -1.03. The maximum absolute atomic E-state index is 11.9. The van der Waals surface area contributed by atoms with Gasteiger partial charge in [-0.3, -0.25) is 19.7 Å². The van der Waals surface area contributed by atoms with Crippen LogP contribution in [-0.2, 0) is 9.59 Å². The monoisotopic (exact) mass is 298 g/mol. The summed E-state index contributed by atoms with van der Waals surface area (Å²) in [4.78, 5) is 48.7. The molecule has 1 aromatic rings. The highest BCUT2D eigenvalue weighted by Gasteiger charge is 2.28. The van der Waals surface area contributed by atoms with E-state index >= 15 is 0 Å². The van der Waals surface area contributed by atoms with E-state index in [1.165, 1.54) is 6.20 Å². The molecule has 0 radical (unpaired) electrons. The molecule has 0 saturated carbocycles. The first kappa shape index (κ1) is 13.9. The molecule has 1 aliphatic heterocycles. The molecule has 2 heterocycles. The van der Waals surface area contributed by atoms with Gasteiger partial charge in [-0.25, -0.2) is 9.78 Å². The van der Waals surface area contributed by atoms with E-state index in [9.17, 15) is 19.2 Å². The average molecular weight is 298 g/mol. The predicted octanol–water partition coefficient (Wildman–Crippen LogP) is -0.864. The quantitative estimate of drug-likeness (QED) is 0.620. The highest BCUT2D eigenvalue weighted by molar-refractivity contribution is 7.15. The minimum absolute atomic E-state index is 0.0640. The highest BCUT2D eigenvalue weighted by atomic mass is 32.1. The van der Waals surface area contributed by atoms with E-state index in [4.69, 9.17) is 5.73 Å². The van der Waals surface area contributed by atoms with Crippen molar-refractivity contribution in [3.05, 3.63) is 11.1 Å². The number of thiazole rings is 1. The van der Waals surface area contributed by atoms with Crippen LogP contribution in [0.3, 0.4) is 0 Å². The molecule has 1 unspecified atom stereocenters. The predicted molar refractivity (Wildman–Crippen MR) is 66.0 cm³/mol. The third kappa shape index (κ3) is 3.29. The standard InChI is InChI=1S/C10H10N4O5S/c11-9(18)19-10-12-3-5(20-10)8(17)13-4-1-2-6(15)14-7(4)16/h3-4H,1-2H2,(H2,11,18)(H,13,17)(H,14,15,16). The number of rotatable bonds is 3. The van der Waals surface area contributed by atoms with E-state index in [0.29, 0.717) is 0 Å². The number of primary amides is 1. The smallest absolute Gasteiger partial charge is 0.381 e. The number of imide groups is 1. The Hall–Kier alpha value is -2.49. The molecule has 0 aliphatic carbocycles. The number of carbonyl (C=O) groups is 4. The molecule has 4 amide bonds. The lowest BCUT2D eigenvalue weighted by Gasteiger charge is -2.21. The highest BCUT2D eigenvalue weighted by Crippen LogP contribution is 2.20. The third-order valence-electron chi connectivity index (χ3n) is 2.44. The molecule has 0 bridgehead atoms. The van der Waals surface area contributed by atoms with Crippen molar-refractivity contribution >= 4 is 35.2 Å². The van der Waals surface area contributed by atoms with E-state index in [1.807, 2.05) is 0 Å². The van der Waals surface area contributed by atoms with Gasteiger partial charge >= 0.3 is 6.09 Å². The summed E-state index contributed by atoms with van der Waals surface area (Å²) >= 11 is 0.815. The second-order valence-corrected chi connectivity index (χ2v) is 4.88. The van der Waals surface area contributed by atoms with Crippen LogP contribution in [-0.4, -0.2) is 34.8 Å². The Balaban J connectivity index is 1.98. The summed E-state index contributed by atoms with van der Waals surface area (Å²) in [6, 6.07) is -0.775. The van der Waals surface area contributed by atoms with Crippen molar-refractivity contribution in [2.45, 2.75) is 18.9 Å². The molecule has 1 saturated heterocycles. The van der Waals surface area contributed by atoms with Crippen LogP contribution in [0.1, 0.15) is 22.5 Å². The molecule has 10 heteroatoms. The molecule has 1 aliphatic rings. The second kappa shape index (κ2) is 5.65. The Labute approximate surface area is 116 Å². The van der Waals surface area contributed by atoms with Gasteiger partial charge in [-0.2, -0.15) is 0 Å². The first-order valence-corrected chi connectivity index (χ1v) is 6.35. The molecule has 1 atom stereocenters. The van der Waals surface area contributed by atoms with Crippen molar-refractivity contribution in [3.63, 3.8) is 0 Å². The van der Waals surface area contributed by atoms with Crippen molar-refractivity contribution in [2.75, 3.05) is 0 Å². The Morgan fingerprint density at radius 1 is 1.50 bits per heavy atom. The summed E-state index contributed by atoms with van der Waals surface area (Å²) in [6.07, 6.45) is 0.566. The fourth-order valence-electron chi connectivity index (χ4n) is 1.56. The molecule has 106 valence electrons. The van der Waals surface area contributed by atoms with Crippen LogP contribution >= 0.6 is 11.3 Å². The normalized spacial score (nSPS) is 18.3. The molecule has 4 N–H and O–H groups in total. The number of ether oxygens (including phenoxy) is 1. The molecule has 0 spiro atoms. The maximum atomic E-state index is 11.9. The van der Waals surface area contributed by atoms with E-state index in [0.717, 1.165) is 11.3 Å². The van der Waals surface area contributed by atoms with E-state index in [1.54, 1.807) is 0 Å². The molecule has 1 fully saturated rings. The summed E-state index contributed by atoms with van der Waals surface area (Å²) in [7, 11) is 0. The van der Waals surface area contributed by atoms with Gasteiger partial charge in [0.1, 0.15) is 10.9 Å². The number of amides is 4. The lowest BCUT2D eigenvalue weighted by atomic mass is 10.1. The first-order chi connectivity index (χ1) is 9.45. The Bertz CT molecular complexity index is 584. The molecular weight excluding hydrogens is 288 g/mol. The topological polar surface area (TPSA) is 140 Å². The van der Waals surface area contributed by atoms with Crippen LogP contribution in [0.15, 0.2) is 6.20 Å². The lowest BCUT2D eigenvalue weighted by Crippen LogP contribution is -2.52. The minimum Gasteiger partial charge on any atom is -0.381 e. The average Bonchev–Trinajstić information content (AvgIpc) is 2.80. The van der Waals surface area contributed by atoms with Gasteiger partial charge in [-0.05, 0) is 6.42 Å². The molecule has 1 aromatic heterocycles. The first-order valence-electron chi connectivity index (χ1n) is 5.53. The second-order valence-electron chi connectivity index (χ2n) is 3.89. The molecule has 0 aromatic carbocycles. The Kier molecular flexibility index (Phi) is 3.94. The van der Waals surface area contributed by atoms with E-state index in [2.05, 4.69) is 20.4 Å². The molecular formula is C10H10N4O5S. The lowest BCUT2D eigenvalue weighted by molar-refractivity contribution is -0.134. The SMILES string of the molecule is NC(=O)Oc1ncc(C(=O)NC2CCC(=O)NC2=O)s1. The Morgan fingerprint density at radius 3 is 2.90 bits per heavy atom. The van der Waals surface area contributed by atoms with Crippen molar-refractivity contribution in [1.29, 1.82) is 0 Å². The van der Waals surface area contributed by atoms with E-state index in [-0.39, 0.29) is 28.8 Å². The van der Waals surface area contributed by atoms with Gasteiger partial charge in [-0.15, -0.1) is 0 Å². The van der Waals surface area contributed by atoms with Gasteiger partial charge in [0.25, 0.3) is 11.1 Å². The van der Waals surface area contributed by atoms with Crippen LogP contribution in [0.4, 0.5) is 4.79 Å². The fourth-order valence-corrected chi connectivity index (χ4v) is 2.23. The third-order valence-corrected chi connectivity index (χ3v) is 3.31. The van der Waals surface area contributed by atoms with Crippen molar-refractivity contribution in [3.8, 4) is 5.19 Å². The van der Waals surface area contributed by atoms with Gasteiger partial charge in [0.2, 0.25) is 11.8 Å². The van der Waals surface area contributed by atoms with E-state index < -0.39 is 23.9 Å². The number of piperidine rings is 1. The van der Waals surface area contributed by atoms with Crippen LogP contribution in [0.2, 0.25) is 0 Å².